The van der Waals surface area contributed by atoms with Crippen LogP contribution >= 0.6 is 0 Å². The van der Waals surface area contributed by atoms with Crippen LogP contribution in [0, 0.1) is 0 Å². The maximum Gasteiger partial charge on any atom is 0.331 e. The summed E-state index contributed by atoms with van der Waals surface area (Å²) >= 11 is 0. The minimum Gasteiger partial charge on any atom is -0.455 e. The van der Waals surface area contributed by atoms with E-state index in [1.165, 1.54) is 6.08 Å². The number of hydrogen-bond acceptors (Lipinski definition) is 5. The molecule has 0 saturated heterocycles. The van der Waals surface area contributed by atoms with E-state index in [-0.39, 0.29) is 24.9 Å². The summed E-state index contributed by atoms with van der Waals surface area (Å²) in [6.45, 7) is 0. The number of ether oxygens (including phenoxy) is 1. The Morgan fingerprint density at radius 1 is 1.12 bits per heavy atom. The molecule has 1 aromatic rings. The Hall–Kier alpha value is -2.21. The van der Waals surface area contributed by atoms with E-state index in [0.29, 0.717) is 12.8 Å². The molecule has 3 N–H and O–H groups in total. The van der Waals surface area contributed by atoms with E-state index >= 15 is 0 Å². The number of esters is 1. The molecule has 2 rings (SSSR count). The molecule has 1 aliphatic heterocycles. The highest BCUT2D eigenvalue weighted by Crippen LogP contribution is 2.13. The SMILES string of the molecule is O=C1C=CC[C@H](/C=C/C[C@@H](O)C[C@H](O)C[C@H](O)/C=C/c2ccccc2)O1. The van der Waals surface area contributed by atoms with Crippen LogP contribution in [0.1, 0.15) is 31.2 Å². The second-order valence-electron chi connectivity index (χ2n) is 6.39. The summed E-state index contributed by atoms with van der Waals surface area (Å²) < 4.78 is 5.08. The van der Waals surface area contributed by atoms with E-state index < -0.39 is 18.3 Å². The number of carbonyl (C=O) groups excluding carboxylic acids is 1. The van der Waals surface area contributed by atoms with E-state index in [1.807, 2.05) is 30.3 Å². The van der Waals surface area contributed by atoms with E-state index in [4.69, 9.17) is 4.74 Å². The molecular formula is C21H26O5. The molecule has 0 unspecified atom stereocenters. The lowest BCUT2D eigenvalue weighted by Crippen LogP contribution is -2.22. The van der Waals surface area contributed by atoms with Crippen molar-refractivity contribution in [3.05, 3.63) is 66.3 Å². The van der Waals surface area contributed by atoms with Crippen LogP contribution in [-0.4, -0.2) is 45.7 Å². The first-order chi connectivity index (χ1) is 12.5. The average Bonchev–Trinajstić information content (AvgIpc) is 2.61. The Bertz CT molecular complexity index is 635. The van der Waals surface area contributed by atoms with Gasteiger partial charge in [-0.05, 0) is 24.5 Å². The monoisotopic (exact) mass is 358 g/mol. The Balaban J connectivity index is 1.67. The first-order valence-electron chi connectivity index (χ1n) is 8.84. The van der Waals surface area contributed by atoms with Gasteiger partial charge >= 0.3 is 5.97 Å². The fourth-order valence-electron chi connectivity index (χ4n) is 2.69. The normalized spacial score (nSPS) is 21.0. The van der Waals surface area contributed by atoms with Crippen molar-refractivity contribution in [1.82, 2.24) is 0 Å². The topological polar surface area (TPSA) is 87.0 Å². The fourth-order valence-corrected chi connectivity index (χ4v) is 2.69. The van der Waals surface area contributed by atoms with Gasteiger partial charge in [0.25, 0.3) is 0 Å². The van der Waals surface area contributed by atoms with E-state index in [0.717, 1.165) is 5.56 Å². The van der Waals surface area contributed by atoms with Gasteiger partial charge in [0.1, 0.15) is 6.10 Å². The summed E-state index contributed by atoms with van der Waals surface area (Å²) in [6, 6.07) is 9.59. The number of rotatable bonds is 9. The summed E-state index contributed by atoms with van der Waals surface area (Å²) in [5.74, 6) is -0.362. The number of cyclic esters (lactones) is 1. The van der Waals surface area contributed by atoms with Crippen LogP contribution in [0.4, 0.5) is 0 Å². The summed E-state index contributed by atoms with van der Waals surface area (Å²) in [7, 11) is 0. The zero-order valence-corrected chi connectivity index (χ0v) is 14.6. The maximum atomic E-state index is 11.1. The van der Waals surface area contributed by atoms with Gasteiger partial charge in [-0.25, -0.2) is 4.79 Å². The number of aliphatic hydroxyl groups is 3. The van der Waals surface area contributed by atoms with E-state index in [9.17, 15) is 20.1 Å². The molecule has 140 valence electrons. The molecule has 5 nitrogen and oxygen atoms in total. The summed E-state index contributed by atoms with van der Waals surface area (Å²) in [6.07, 6.45) is 8.80. The van der Waals surface area contributed by atoms with Crippen LogP contribution in [-0.2, 0) is 9.53 Å². The van der Waals surface area contributed by atoms with Crippen LogP contribution in [0.15, 0.2) is 60.7 Å². The summed E-state index contributed by atoms with van der Waals surface area (Å²) in [4.78, 5) is 11.1. The van der Waals surface area contributed by atoms with Crippen LogP contribution in [0.5, 0.6) is 0 Å². The molecule has 5 heteroatoms. The smallest absolute Gasteiger partial charge is 0.331 e. The molecule has 0 bridgehead atoms. The van der Waals surface area contributed by atoms with Crippen molar-refractivity contribution in [1.29, 1.82) is 0 Å². The van der Waals surface area contributed by atoms with E-state index in [1.54, 1.807) is 30.4 Å². The Labute approximate surface area is 153 Å². The molecule has 26 heavy (non-hydrogen) atoms. The standard InChI is InChI=1S/C21H26O5/c22-17(8-4-9-20-10-5-11-21(25)26-20)14-19(24)15-18(23)13-12-16-6-2-1-3-7-16/h1-7,9,11-13,17-20,22-24H,8,10,14-15H2/b9-4+,13-12+/t17-,18-,19+,20+/m1/s1. The van der Waals surface area contributed by atoms with Crippen LogP contribution in [0.3, 0.4) is 0 Å². The first-order valence-corrected chi connectivity index (χ1v) is 8.84. The molecule has 0 radical (unpaired) electrons. The van der Waals surface area contributed by atoms with Gasteiger partial charge in [-0.15, -0.1) is 0 Å². The summed E-state index contributed by atoms with van der Waals surface area (Å²) in [5.41, 5.74) is 0.976. The van der Waals surface area contributed by atoms with Crippen molar-refractivity contribution < 1.29 is 24.9 Å². The van der Waals surface area contributed by atoms with Gasteiger partial charge in [-0.2, -0.15) is 0 Å². The molecule has 1 heterocycles. The van der Waals surface area contributed by atoms with Crippen LogP contribution < -0.4 is 0 Å². The third-order valence-electron chi connectivity index (χ3n) is 4.02. The Morgan fingerprint density at radius 2 is 1.88 bits per heavy atom. The van der Waals surface area contributed by atoms with Gasteiger partial charge in [0.05, 0.1) is 18.3 Å². The van der Waals surface area contributed by atoms with Crippen LogP contribution in [0.25, 0.3) is 6.08 Å². The number of carbonyl (C=O) groups is 1. The number of hydrogen-bond donors (Lipinski definition) is 3. The maximum absolute atomic E-state index is 11.1. The van der Waals surface area contributed by atoms with Crippen molar-refractivity contribution in [2.45, 2.75) is 50.1 Å². The van der Waals surface area contributed by atoms with Gasteiger partial charge in [-0.1, -0.05) is 54.6 Å². The number of benzene rings is 1. The molecule has 1 aliphatic rings. The molecule has 0 saturated carbocycles. The van der Waals surface area contributed by atoms with Gasteiger partial charge in [-0.3, -0.25) is 0 Å². The highest BCUT2D eigenvalue weighted by atomic mass is 16.5. The minimum absolute atomic E-state index is 0.162. The summed E-state index contributed by atoms with van der Waals surface area (Å²) in [5, 5.41) is 30.0. The van der Waals surface area contributed by atoms with Gasteiger partial charge in [0, 0.05) is 18.9 Å². The molecule has 4 atom stereocenters. The molecule has 0 aromatic heterocycles. The lowest BCUT2D eigenvalue weighted by Gasteiger charge is -2.17. The molecule has 0 amide bonds. The zero-order valence-electron chi connectivity index (χ0n) is 14.6. The quantitative estimate of drug-likeness (QED) is 0.466. The number of aliphatic hydroxyl groups excluding tert-OH is 3. The van der Waals surface area contributed by atoms with Gasteiger partial charge in [0.2, 0.25) is 0 Å². The third kappa shape index (κ3) is 7.78. The van der Waals surface area contributed by atoms with Crippen molar-refractivity contribution >= 4 is 12.0 Å². The predicted octanol–water partition coefficient (Wildman–Crippen LogP) is 2.38. The second kappa shape index (κ2) is 10.7. The van der Waals surface area contributed by atoms with Crippen molar-refractivity contribution in [2.75, 3.05) is 0 Å². The minimum atomic E-state index is -0.802. The van der Waals surface area contributed by atoms with Crippen molar-refractivity contribution in [3.63, 3.8) is 0 Å². The molecule has 0 aliphatic carbocycles. The van der Waals surface area contributed by atoms with Crippen LogP contribution in [0.2, 0.25) is 0 Å². The fraction of sp³-hybridized carbons (Fsp3) is 0.381. The molecule has 0 spiro atoms. The largest absolute Gasteiger partial charge is 0.455 e. The third-order valence-corrected chi connectivity index (χ3v) is 4.02. The van der Waals surface area contributed by atoms with E-state index in [2.05, 4.69) is 0 Å². The van der Waals surface area contributed by atoms with Crippen molar-refractivity contribution in [2.24, 2.45) is 0 Å². The second-order valence-corrected chi connectivity index (χ2v) is 6.39. The molecule has 1 aromatic carbocycles. The molecule has 0 fully saturated rings. The average molecular weight is 358 g/mol. The van der Waals surface area contributed by atoms with Gasteiger partial charge < -0.3 is 20.1 Å². The van der Waals surface area contributed by atoms with Crippen molar-refractivity contribution in [3.8, 4) is 0 Å². The zero-order chi connectivity index (χ0) is 18.8. The van der Waals surface area contributed by atoms with Gasteiger partial charge in [0.15, 0.2) is 0 Å². The first kappa shape index (κ1) is 20.1. The lowest BCUT2D eigenvalue weighted by atomic mass is 10.0. The Morgan fingerprint density at radius 3 is 2.62 bits per heavy atom. The Kier molecular flexibility index (Phi) is 8.28. The predicted molar refractivity (Wildman–Crippen MR) is 100 cm³/mol. The molecular weight excluding hydrogens is 332 g/mol. The highest BCUT2D eigenvalue weighted by molar-refractivity contribution is 5.82. The lowest BCUT2D eigenvalue weighted by molar-refractivity contribution is -0.141. The highest BCUT2D eigenvalue weighted by Gasteiger charge is 2.15.